The van der Waals surface area contributed by atoms with Crippen molar-refractivity contribution in [3.8, 4) is 0 Å². The average Bonchev–Trinajstić information content (AvgIpc) is 2.17. The zero-order chi connectivity index (χ0) is 10.9. The minimum Gasteiger partial charge on any atom is -0.325 e. The number of nitrogens with two attached hydrogens (primary N) is 2. The minimum absolute atomic E-state index is 0.195. The first kappa shape index (κ1) is 10.4. The van der Waals surface area contributed by atoms with Gasteiger partial charge in [0.05, 0.1) is 5.54 Å². The fourth-order valence-electron chi connectivity index (χ4n) is 2.28. The van der Waals surface area contributed by atoms with E-state index in [2.05, 4.69) is 31.2 Å². The zero-order valence-corrected chi connectivity index (χ0v) is 9.11. The first-order chi connectivity index (χ1) is 7.02. The Morgan fingerprint density at radius 1 is 1.13 bits per heavy atom. The van der Waals surface area contributed by atoms with Crippen LogP contribution in [0, 0.1) is 0 Å². The van der Waals surface area contributed by atoms with Crippen LogP contribution in [0.4, 0.5) is 0 Å². The van der Waals surface area contributed by atoms with Crippen LogP contribution in [0.5, 0.6) is 0 Å². The average molecular weight is 202 g/mol. The summed E-state index contributed by atoms with van der Waals surface area (Å²) in [5, 5.41) is 0. The highest BCUT2D eigenvalue weighted by Crippen LogP contribution is 2.34. The Balaban J connectivity index is 2.36. The molecule has 2 rings (SSSR count). The molecule has 4 N–H and O–H groups in total. The van der Waals surface area contributed by atoms with Crippen molar-refractivity contribution in [2.75, 3.05) is 0 Å². The Morgan fingerprint density at radius 3 is 2.40 bits per heavy atom. The highest BCUT2D eigenvalue weighted by molar-refractivity contribution is 5.32. The second-order valence-electron chi connectivity index (χ2n) is 4.84. The van der Waals surface area contributed by atoms with Crippen LogP contribution in [0.2, 0.25) is 0 Å². The third-order valence-electron chi connectivity index (χ3n) is 3.01. The molecule has 2 heteroatoms. The standard InChI is InChI=1S/C13H18N2/c1-12(14)8-5-9-13(15,10-12)11-6-3-2-4-7-11/h2-7,9H,8,10,14-15H2,1H3. The molecule has 2 unspecified atom stereocenters. The lowest BCUT2D eigenvalue weighted by atomic mass is 9.74. The molecule has 0 aromatic heterocycles. The van der Waals surface area contributed by atoms with Crippen LogP contribution in [-0.2, 0) is 5.54 Å². The molecule has 1 aliphatic rings. The van der Waals surface area contributed by atoms with Crippen LogP contribution in [-0.4, -0.2) is 5.54 Å². The predicted octanol–water partition coefficient (Wildman–Crippen LogP) is 1.91. The zero-order valence-electron chi connectivity index (χ0n) is 9.11. The number of benzene rings is 1. The van der Waals surface area contributed by atoms with E-state index in [-0.39, 0.29) is 5.54 Å². The SMILES string of the molecule is CC1(N)CC=CC(N)(c2ccccc2)C1. The molecule has 0 amide bonds. The van der Waals surface area contributed by atoms with Gasteiger partial charge in [-0.15, -0.1) is 0 Å². The molecule has 0 bridgehead atoms. The largest absolute Gasteiger partial charge is 0.325 e. The first-order valence-electron chi connectivity index (χ1n) is 5.33. The summed E-state index contributed by atoms with van der Waals surface area (Å²) >= 11 is 0. The van der Waals surface area contributed by atoms with Gasteiger partial charge < -0.3 is 11.5 Å². The molecule has 2 atom stereocenters. The van der Waals surface area contributed by atoms with Gasteiger partial charge in [0.25, 0.3) is 0 Å². The lowest BCUT2D eigenvalue weighted by Gasteiger charge is -2.38. The third-order valence-corrected chi connectivity index (χ3v) is 3.01. The Labute approximate surface area is 91.0 Å². The van der Waals surface area contributed by atoms with Crippen molar-refractivity contribution in [2.24, 2.45) is 11.5 Å². The van der Waals surface area contributed by atoms with Crippen molar-refractivity contribution in [1.29, 1.82) is 0 Å². The smallest absolute Gasteiger partial charge is 0.0612 e. The van der Waals surface area contributed by atoms with Crippen molar-refractivity contribution in [2.45, 2.75) is 30.8 Å². The van der Waals surface area contributed by atoms with Gasteiger partial charge >= 0.3 is 0 Å². The van der Waals surface area contributed by atoms with Gasteiger partial charge in [0, 0.05) is 5.54 Å². The first-order valence-corrected chi connectivity index (χ1v) is 5.33. The summed E-state index contributed by atoms with van der Waals surface area (Å²) in [7, 11) is 0. The molecule has 0 heterocycles. The fourth-order valence-corrected chi connectivity index (χ4v) is 2.28. The van der Waals surface area contributed by atoms with Gasteiger partial charge in [0.15, 0.2) is 0 Å². The van der Waals surface area contributed by atoms with E-state index in [1.54, 1.807) is 0 Å². The summed E-state index contributed by atoms with van der Waals surface area (Å²) in [6, 6.07) is 10.2. The van der Waals surface area contributed by atoms with Crippen molar-refractivity contribution in [3.05, 3.63) is 48.0 Å². The van der Waals surface area contributed by atoms with Gasteiger partial charge in [0.2, 0.25) is 0 Å². The van der Waals surface area contributed by atoms with Gasteiger partial charge in [-0.05, 0) is 25.3 Å². The maximum atomic E-state index is 6.39. The van der Waals surface area contributed by atoms with E-state index in [4.69, 9.17) is 11.5 Å². The molecular formula is C13H18N2. The molecule has 0 fully saturated rings. The van der Waals surface area contributed by atoms with E-state index in [0.29, 0.717) is 0 Å². The Bertz CT molecular complexity index is 367. The molecule has 0 radical (unpaired) electrons. The molecule has 0 saturated carbocycles. The van der Waals surface area contributed by atoms with Crippen LogP contribution in [0.25, 0.3) is 0 Å². The highest BCUT2D eigenvalue weighted by Gasteiger charge is 2.35. The maximum Gasteiger partial charge on any atom is 0.0612 e. The van der Waals surface area contributed by atoms with Gasteiger partial charge in [-0.1, -0.05) is 42.5 Å². The molecule has 0 saturated heterocycles. The molecular weight excluding hydrogens is 184 g/mol. The van der Waals surface area contributed by atoms with E-state index in [0.717, 1.165) is 18.4 Å². The Morgan fingerprint density at radius 2 is 1.80 bits per heavy atom. The Hall–Kier alpha value is -1.12. The van der Waals surface area contributed by atoms with Crippen molar-refractivity contribution < 1.29 is 0 Å². The highest BCUT2D eigenvalue weighted by atomic mass is 14.8. The van der Waals surface area contributed by atoms with Gasteiger partial charge in [0.1, 0.15) is 0 Å². The topological polar surface area (TPSA) is 52.0 Å². The van der Waals surface area contributed by atoms with Crippen molar-refractivity contribution >= 4 is 0 Å². The van der Waals surface area contributed by atoms with Crippen molar-refractivity contribution in [1.82, 2.24) is 0 Å². The maximum absolute atomic E-state index is 6.39. The lowest BCUT2D eigenvalue weighted by molar-refractivity contribution is 0.326. The third kappa shape index (κ3) is 2.11. The summed E-state index contributed by atoms with van der Waals surface area (Å²) in [5.74, 6) is 0. The summed E-state index contributed by atoms with van der Waals surface area (Å²) in [4.78, 5) is 0. The van der Waals surface area contributed by atoms with E-state index in [1.165, 1.54) is 0 Å². The van der Waals surface area contributed by atoms with E-state index >= 15 is 0 Å². The van der Waals surface area contributed by atoms with Crippen LogP contribution >= 0.6 is 0 Å². The summed E-state index contributed by atoms with van der Waals surface area (Å²) in [6.07, 6.45) is 5.87. The van der Waals surface area contributed by atoms with E-state index < -0.39 is 5.54 Å². The van der Waals surface area contributed by atoms with Crippen LogP contribution in [0.1, 0.15) is 25.3 Å². The normalized spacial score (nSPS) is 35.4. The molecule has 1 aliphatic carbocycles. The van der Waals surface area contributed by atoms with Crippen LogP contribution in [0.3, 0.4) is 0 Å². The molecule has 0 spiro atoms. The molecule has 15 heavy (non-hydrogen) atoms. The van der Waals surface area contributed by atoms with E-state index in [1.807, 2.05) is 18.2 Å². The molecule has 1 aromatic rings. The lowest BCUT2D eigenvalue weighted by Crippen LogP contribution is -2.49. The summed E-state index contributed by atoms with van der Waals surface area (Å²) in [6.45, 7) is 2.06. The molecule has 0 aliphatic heterocycles. The second-order valence-corrected chi connectivity index (χ2v) is 4.84. The number of rotatable bonds is 1. The van der Waals surface area contributed by atoms with Gasteiger partial charge in [-0.3, -0.25) is 0 Å². The summed E-state index contributed by atoms with van der Waals surface area (Å²) < 4.78 is 0. The number of hydrogen-bond acceptors (Lipinski definition) is 2. The predicted molar refractivity (Wildman–Crippen MR) is 63.3 cm³/mol. The Kier molecular flexibility index (Phi) is 2.41. The summed E-state index contributed by atoms with van der Waals surface area (Å²) in [5.41, 5.74) is 13.1. The second kappa shape index (κ2) is 3.47. The van der Waals surface area contributed by atoms with Crippen LogP contribution in [0.15, 0.2) is 42.5 Å². The quantitative estimate of drug-likeness (QED) is 0.683. The van der Waals surface area contributed by atoms with E-state index in [9.17, 15) is 0 Å². The molecule has 2 nitrogen and oxygen atoms in total. The number of hydrogen-bond donors (Lipinski definition) is 2. The molecule has 1 aromatic carbocycles. The fraction of sp³-hybridized carbons (Fsp3) is 0.385. The van der Waals surface area contributed by atoms with Crippen LogP contribution < -0.4 is 11.5 Å². The monoisotopic (exact) mass is 202 g/mol. The van der Waals surface area contributed by atoms with Crippen molar-refractivity contribution in [3.63, 3.8) is 0 Å². The molecule has 80 valence electrons. The van der Waals surface area contributed by atoms with Gasteiger partial charge in [-0.2, -0.15) is 0 Å². The minimum atomic E-state index is -0.400. The van der Waals surface area contributed by atoms with Gasteiger partial charge in [-0.25, -0.2) is 0 Å².